The first-order valence-corrected chi connectivity index (χ1v) is 9.13. The van der Waals surface area contributed by atoms with Crippen molar-refractivity contribution < 1.29 is 23.9 Å². The van der Waals surface area contributed by atoms with Gasteiger partial charge in [-0.05, 0) is 26.7 Å². The van der Waals surface area contributed by atoms with Gasteiger partial charge in [-0.2, -0.15) is 0 Å². The summed E-state index contributed by atoms with van der Waals surface area (Å²) in [7, 11) is 0. The molecular weight excluding hydrogens is 346 g/mol. The highest BCUT2D eigenvalue weighted by atomic mass is 32.1. The van der Waals surface area contributed by atoms with Crippen molar-refractivity contribution in [3.63, 3.8) is 0 Å². The molecule has 1 aromatic rings. The Morgan fingerprint density at radius 3 is 2.64 bits per heavy atom. The molecule has 0 unspecified atom stereocenters. The van der Waals surface area contributed by atoms with Crippen molar-refractivity contribution in [3.8, 4) is 0 Å². The second-order valence-corrected chi connectivity index (χ2v) is 6.79. The van der Waals surface area contributed by atoms with E-state index in [9.17, 15) is 14.4 Å². The maximum absolute atomic E-state index is 11.9. The number of piperidine rings is 1. The number of carbonyl (C=O) groups excluding carboxylic acids is 3. The first kappa shape index (κ1) is 19.2. The van der Waals surface area contributed by atoms with Gasteiger partial charge in [0.15, 0.2) is 6.61 Å². The summed E-state index contributed by atoms with van der Waals surface area (Å²) in [6.07, 6.45) is 1.04. The van der Waals surface area contributed by atoms with Gasteiger partial charge >= 0.3 is 12.1 Å². The Hall–Kier alpha value is -2.16. The summed E-state index contributed by atoms with van der Waals surface area (Å²) in [6.45, 7) is 4.74. The molecule has 25 heavy (non-hydrogen) atoms. The fourth-order valence-electron chi connectivity index (χ4n) is 2.52. The summed E-state index contributed by atoms with van der Waals surface area (Å²) < 4.78 is 9.93. The third-order valence-corrected chi connectivity index (χ3v) is 4.56. The highest BCUT2D eigenvalue weighted by Crippen LogP contribution is 2.12. The zero-order valence-electron chi connectivity index (χ0n) is 14.4. The maximum atomic E-state index is 11.9. The number of hydrogen-bond donors (Lipinski definition) is 1. The molecule has 0 atom stereocenters. The molecule has 1 aliphatic heterocycles. The largest absolute Gasteiger partial charge is 0.455 e. The predicted octanol–water partition coefficient (Wildman–Crippen LogP) is 1.27. The van der Waals surface area contributed by atoms with Crippen molar-refractivity contribution in [3.05, 3.63) is 16.1 Å². The number of carbonyl (C=O) groups is 3. The number of nitrogens with zero attached hydrogens (tertiary/aromatic N) is 2. The molecule has 1 N–H and O–H groups in total. The predicted molar refractivity (Wildman–Crippen MR) is 91.3 cm³/mol. The second-order valence-electron chi connectivity index (χ2n) is 5.72. The number of ether oxygens (including phenoxy) is 2. The van der Waals surface area contributed by atoms with Crippen molar-refractivity contribution in [1.82, 2.24) is 15.2 Å². The Bertz CT molecular complexity index is 611. The lowest BCUT2D eigenvalue weighted by Crippen LogP contribution is -2.47. The van der Waals surface area contributed by atoms with Gasteiger partial charge in [-0.3, -0.25) is 9.59 Å². The van der Waals surface area contributed by atoms with Crippen molar-refractivity contribution in [1.29, 1.82) is 0 Å². The molecule has 2 amide bonds. The minimum Gasteiger partial charge on any atom is -0.455 e. The van der Waals surface area contributed by atoms with E-state index in [-0.39, 0.29) is 31.1 Å². The molecule has 8 nitrogen and oxygen atoms in total. The molecule has 2 rings (SSSR count). The smallest absolute Gasteiger partial charge is 0.409 e. The lowest BCUT2D eigenvalue weighted by molar-refractivity contribution is -0.148. The maximum Gasteiger partial charge on any atom is 0.409 e. The van der Waals surface area contributed by atoms with Crippen LogP contribution in [0.4, 0.5) is 4.79 Å². The molecule has 0 spiro atoms. The van der Waals surface area contributed by atoms with Crippen LogP contribution in [0, 0.1) is 6.92 Å². The number of amides is 2. The summed E-state index contributed by atoms with van der Waals surface area (Å²) >= 11 is 1.46. The Morgan fingerprint density at radius 2 is 2.04 bits per heavy atom. The van der Waals surface area contributed by atoms with Gasteiger partial charge in [0.2, 0.25) is 0 Å². The molecule has 1 aliphatic rings. The Labute approximate surface area is 150 Å². The summed E-state index contributed by atoms with van der Waals surface area (Å²) in [5.41, 5.74) is 0.652. The fourth-order valence-corrected chi connectivity index (χ4v) is 3.14. The first-order chi connectivity index (χ1) is 12.0. The van der Waals surface area contributed by atoms with E-state index in [1.54, 1.807) is 17.2 Å². The lowest BCUT2D eigenvalue weighted by atomic mass is 10.1. The van der Waals surface area contributed by atoms with Gasteiger partial charge in [0.05, 0.1) is 23.7 Å². The van der Waals surface area contributed by atoms with Gasteiger partial charge in [0.1, 0.15) is 0 Å². The van der Waals surface area contributed by atoms with E-state index >= 15 is 0 Å². The first-order valence-electron chi connectivity index (χ1n) is 8.25. The Balaban J connectivity index is 1.64. The third kappa shape index (κ3) is 6.33. The van der Waals surface area contributed by atoms with Crippen LogP contribution in [0.25, 0.3) is 0 Å². The topological polar surface area (TPSA) is 97.8 Å². The van der Waals surface area contributed by atoms with Crippen LogP contribution in [0.2, 0.25) is 0 Å². The number of aromatic nitrogens is 1. The minimum absolute atomic E-state index is 0.0296. The minimum atomic E-state index is -0.474. The van der Waals surface area contributed by atoms with Crippen LogP contribution in [0.5, 0.6) is 0 Å². The number of nitrogens with one attached hydrogen (secondary N) is 1. The van der Waals surface area contributed by atoms with Gasteiger partial charge in [-0.15, -0.1) is 11.3 Å². The van der Waals surface area contributed by atoms with Gasteiger partial charge in [-0.25, -0.2) is 9.78 Å². The molecule has 1 aromatic heterocycles. The molecule has 1 saturated heterocycles. The van der Waals surface area contributed by atoms with Crippen molar-refractivity contribution in [2.75, 3.05) is 26.3 Å². The van der Waals surface area contributed by atoms with E-state index in [0.717, 1.165) is 5.01 Å². The highest BCUT2D eigenvalue weighted by Gasteiger charge is 2.24. The standard InChI is InChI=1S/C16H23N3O5S/c1-3-23-16(22)19-6-4-12(5-7-19)18-14(20)9-24-15(21)8-13-10-25-11(2)17-13/h10,12H,3-9H2,1-2H3,(H,18,20). The summed E-state index contributed by atoms with van der Waals surface area (Å²) in [6, 6.07) is -0.0296. The van der Waals surface area contributed by atoms with Gasteiger partial charge < -0.3 is 19.7 Å². The number of esters is 1. The third-order valence-electron chi connectivity index (χ3n) is 3.74. The average Bonchev–Trinajstić information content (AvgIpc) is 2.99. The molecule has 2 heterocycles. The number of likely N-dealkylation sites (tertiary alicyclic amines) is 1. The lowest BCUT2D eigenvalue weighted by Gasteiger charge is -2.31. The van der Waals surface area contributed by atoms with Gasteiger partial charge in [0.25, 0.3) is 5.91 Å². The zero-order chi connectivity index (χ0) is 18.2. The molecule has 1 fully saturated rings. The number of hydrogen-bond acceptors (Lipinski definition) is 7. The molecule has 0 radical (unpaired) electrons. The van der Waals surface area contributed by atoms with Crippen LogP contribution < -0.4 is 5.32 Å². The quantitative estimate of drug-likeness (QED) is 0.759. The number of aryl methyl sites for hydroxylation is 1. The van der Waals surface area contributed by atoms with Crippen LogP contribution in [-0.4, -0.2) is 60.2 Å². The van der Waals surface area contributed by atoms with Gasteiger partial charge in [-0.1, -0.05) is 0 Å². The van der Waals surface area contributed by atoms with E-state index < -0.39 is 5.97 Å². The normalized spacial score (nSPS) is 14.9. The van der Waals surface area contributed by atoms with Crippen LogP contribution in [0.3, 0.4) is 0 Å². The molecule has 0 bridgehead atoms. The van der Waals surface area contributed by atoms with Crippen LogP contribution in [0.15, 0.2) is 5.38 Å². The van der Waals surface area contributed by atoms with E-state index in [2.05, 4.69) is 10.3 Å². The number of rotatable bonds is 6. The van der Waals surface area contributed by atoms with Crippen molar-refractivity contribution >= 4 is 29.3 Å². The molecular formula is C16H23N3O5S. The highest BCUT2D eigenvalue weighted by molar-refractivity contribution is 7.09. The van der Waals surface area contributed by atoms with E-state index in [1.165, 1.54) is 11.3 Å². The molecule has 138 valence electrons. The number of thiazole rings is 1. The van der Waals surface area contributed by atoms with Crippen LogP contribution in [-0.2, 0) is 25.5 Å². The Morgan fingerprint density at radius 1 is 1.32 bits per heavy atom. The summed E-state index contributed by atoms with van der Waals surface area (Å²) in [4.78, 5) is 41.0. The molecule has 0 aliphatic carbocycles. The van der Waals surface area contributed by atoms with Crippen LogP contribution in [0.1, 0.15) is 30.5 Å². The van der Waals surface area contributed by atoms with Crippen LogP contribution >= 0.6 is 11.3 Å². The van der Waals surface area contributed by atoms with E-state index in [1.807, 2.05) is 6.92 Å². The second kappa shape index (κ2) is 9.36. The summed E-state index contributed by atoms with van der Waals surface area (Å²) in [5, 5.41) is 5.51. The van der Waals surface area contributed by atoms with Crippen molar-refractivity contribution in [2.45, 2.75) is 39.2 Å². The monoisotopic (exact) mass is 369 g/mol. The Kier molecular flexibility index (Phi) is 7.17. The molecule has 9 heteroatoms. The zero-order valence-corrected chi connectivity index (χ0v) is 15.3. The van der Waals surface area contributed by atoms with Crippen molar-refractivity contribution in [2.24, 2.45) is 0 Å². The van der Waals surface area contributed by atoms with Gasteiger partial charge in [0, 0.05) is 24.5 Å². The fraction of sp³-hybridized carbons (Fsp3) is 0.625. The molecule has 0 aromatic carbocycles. The van der Waals surface area contributed by atoms with E-state index in [4.69, 9.17) is 9.47 Å². The SMILES string of the molecule is CCOC(=O)N1CCC(NC(=O)COC(=O)Cc2csc(C)n2)CC1. The average molecular weight is 369 g/mol. The van der Waals surface area contributed by atoms with E-state index in [0.29, 0.717) is 38.2 Å². The summed E-state index contributed by atoms with van der Waals surface area (Å²) in [5.74, 6) is -0.810. The molecule has 0 saturated carbocycles.